The smallest absolute Gasteiger partial charge is 0.260 e. The van der Waals surface area contributed by atoms with Crippen molar-refractivity contribution >= 4 is 16.9 Å². The zero-order valence-corrected chi connectivity index (χ0v) is 6.03. The van der Waals surface area contributed by atoms with Crippen LogP contribution >= 0.6 is 0 Å². The predicted octanol–water partition coefficient (Wildman–Crippen LogP) is 1.11. The van der Waals surface area contributed by atoms with Crippen LogP contribution in [0, 0.1) is 6.92 Å². The Labute approximate surface area is 63.0 Å². The number of hydrogen-bond donors (Lipinski definition) is 1. The summed E-state index contributed by atoms with van der Waals surface area (Å²) >= 11 is 0. The minimum Gasteiger partial charge on any atom is -0.380 e. The highest BCUT2D eigenvalue weighted by molar-refractivity contribution is 5.87. The van der Waals surface area contributed by atoms with E-state index in [0.29, 0.717) is 11.5 Å². The maximum Gasteiger partial charge on any atom is 0.260 e. The van der Waals surface area contributed by atoms with Crippen molar-refractivity contribution in [2.45, 2.75) is 6.92 Å². The summed E-state index contributed by atoms with van der Waals surface area (Å²) in [6, 6.07) is 1.87. The molecule has 0 radical (unpaired) electrons. The van der Waals surface area contributed by atoms with Crippen molar-refractivity contribution in [1.29, 1.82) is 0 Å². The summed E-state index contributed by atoms with van der Waals surface area (Å²) in [5, 5.41) is 4.41. The summed E-state index contributed by atoms with van der Waals surface area (Å²) in [7, 11) is 0. The van der Waals surface area contributed by atoms with Crippen LogP contribution in [0.4, 0.5) is 5.82 Å². The molecule has 2 rings (SSSR count). The van der Waals surface area contributed by atoms with Crippen molar-refractivity contribution < 1.29 is 4.52 Å². The van der Waals surface area contributed by atoms with E-state index in [2.05, 4.69) is 10.1 Å². The molecule has 4 nitrogen and oxygen atoms in total. The lowest BCUT2D eigenvalue weighted by Gasteiger charge is -1.90. The van der Waals surface area contributed by atoms with Gasteiger partial charge in [0.1, 0.15) is 0 Å². The quantitative estimate of drug-likeness (QED) is 0.609. The van der Waals surface area contributed by atoms with Crippen LogP contribution in [0.3, 0.4) is 0 Å². The summed E-state index contributed by atoms with van der Waals surface area (Å²) < 4.78 is 4.84. The van der Waals surface area contributed by atoms with Crippen LogP contribution in [0.2, 0.25) is 0 Å². The van der Waals surface area contributed by atoms with Gasteiger partial charge in [-0.25, -0.2) is 4.98 Å². The van der Waals surface area contributed by atoms with Crippen LogP contribution in [-0.2, 0) is 0 Å². The van der Waals surface area contributed by atoms with Gasteiger partial charge in [0, 0.05) is 6.20 Å². The molecule has 56 valence electrons. The normalized spacial score (nSPS) is 10.6. The lowest BCUT2D eigenvalue weighted by molar-refractivity contribution is 0.452. The Morgan fingerprint density at radius 2 is 2.36 bits per heavy atom. The second kappa shape index (κ2) is 1.95. The fourth-order valence-electron chi connectivity index (χ4n) is 1.05. The molecule has 0 spiro atoms. The Kier molecular flexibility index (Phi) is 1.09. The van der Waals surface area contributed by atoms with Crippen molar-refractivity contribution in [3.8, 4) is 0 Å². The second-order valence-corrected chi connectivity index (χ2v) is 2.38. The van der Waals surface area contributed by atoms with Crippen molar-refractivity contribution in [2.24, 2.45) is 0 Å². The molecule has 0 fully saturated rings. The van der Waals surface area contributed by atoms with Gasteiger partial charge in [-0.05, 0) is 18.6 Å². The molecular weight excluding hydrogens is 142 g/mol. The first-order valence-corrected chi connectivity index (χ1v) is 3.25. The fraction of sp³-hybridized carbons (Fsp3) is 0.143. The minimum atomic E-state index is 0.408. The number of pyridine rings is 1. The molecule has 0 unspecified atom stereocenters. The molecule has 0 amide bonds. The number of fused-ring (bicyclic) bond motifs is 1. The van der Waals surface area contributed by atoms with Gasteiger partial charge in [0.25, 0.3) is 5.71 Å². The van der Waals surface area contributed by atoms with Crippen molar-refractivity contribution in [1.82, 2.24) is 10.1 Å². The zero-order chi connectivity index (χ0) is 7.84. The first-order valence-electron chi connectivity index (χ1n) is 3.25. The number of aryl methyl sites for hydroxylation is 1. The van der Waals surface area contributed by atoms with E-state index in [1.165, 1.54) is 0 Å². The lowest BCUT2D eigenvalue weighted by atomic mass is 10.2. The van der Waals surface area contributed by atoms with E-state index < -0.39 is 0 Å². The van der Waals surface area contributed by atoms with Crippen molar-refractivity contribution in [2.75, 3.05) is 5.73 Å². The molecule has 0 aromatic carbocycles. The van der Waals surface area contributed by atoms with E-state index in [4.69, 9.17) is 10.3 Å². The van der Waals surface area contributed by atoms with E-state index in [0.717, 1.165) is 10.9 Å². The molecule has 0 saturated carbocycles. The van der Waals surface area contributed by atoms with Crippen LogP contribution in [-0.4, -0.2) is 10.1 Å². The Balaban J connectivity index is 2.96. The third kappa shape index (κ3) is 0.756. The third-order valence-corrected chi connectivity index (χ3v) is 1.61. The van der Waals surface area contributed by atoms with Gasteiger partial charge >= 0.3 is 0 Å². The molecule has 4 heteroatoms. The highest BCUT2D eigenvalue weighted by Crippen LogP contribution is 2.20. The molecule has 0 aliphatic heterocycles. The molecule has 0 aliphatic rings. The van der Waals surface area contributed by atoms with Gasteiger partial charge < -0.3 is 10.3 Å². The lowest BCUT2D eigenvalue weighted by Crippen LogP contribution is -1.85. The molecule has 2 aromatic rings. The molecule has 2 aromatic heterocycles. The summed E-state index contributed by atoms with van der Waals surface area (Å²) in [6.45, 7) is 1.94. The van der Waals surface area contributed by atoms with Crippen LogP contribution < -0.4 is 5.73 Å². The fourth-order valence-corrected chi connectivity index (χ4v) is 1.05. The number of aromatic nitrogens is 2. The van der Waals surface area contributed by atoms with Gasteiger partial charge in [-0.1, -0.05) is 5.16 Å². The van der Waals surface area contributed by atoms with Gasteiger partial charge in [-0.15, -0.1) is 0 Å². The topological polar surface area (TPSA) is 64.9 Å². The van der Waals surface area contributed by atoms with Gasteiger partial charge in [-0.3, -0.25) is 0 Å². The monoisotopic (exact) mass is 149 g/mol. The number of anilines is 1. The number of nitrogens with two attached hydrogens (primary N) is 1. The molecule has 0 saturated heterocycles. The molecule has 11 heavy (non-hydrogen) atoms. The van der Waals surface area contributed by atoms with E-state index in [1.807, 2.05) is 13.0 Å². The van der Waals surface area contributed by atoms with E-state index in [1.54, 1.807) is 6.20 Å². The summed E-state index contributed by atoms with van der Waals surface area (Å²) in [5.74, 6) is 0.408. The molecule has 0 aliphatic carbocycles. The number of nitrogen functional groups attached to an aromatic ring is 1. The number of rotatable bonds is 0. The van der Waals surface area contributed by atoms with Crippen LogP contribution in [0.25, 0.3) is 11.1 Å². The van der Waals surface area contributed by atoms with Crippen molar-refractivity contribution in [3.63, 3.8) is 0 Å². The first kappa shape index (κ1) is 6.15. The Hall–Kier alpha value is -1.58. The molecule has 0 bridgehead atoms. The molecule has 2 heterocycles. The van der Waals surface area contributed by atoms with Crippen LogP contribution in [0.15, 0.2) is 16.8 Å². The van der Waals surface area contributed by atoms with Gasteiger partial charge in [-0.2, -0.15) is 0 Å². The second-order valence-electron chi connectivity index (χ2n) is 2.38. The Morgan fingerprint density at radius 3 is 3.09 bits per heavy atom. The van der Waals surface area contributed by atoms with Crippen LogP contribution in [0.5, 0.6) is 0 Å². The SMILES string of the molecule is Cc1ccnc2onc(N)c12. The van der Waals surface area contributed by atoms with E-state index in [9.17, 15) is 0 Å². The van der Waals surface area contributed by atoms with Gasteiger partial charge in [0.05, 0.1) is 5.39 Å². The average molecular weight is 149 g/mol. The average Bonchev–Trinajstić information content (AvgIpc) is 2.34. The minimum absolute atomic E-state index is 0.408. The Bertz CT molecular complexity index is 393. The summed E-state index contributed by atoms with van der Waals surface area (Å²) in [6.07, 6.45) is 1.67. The highest BCUT2D eigenvalue weighted by atomic mass is 16.5. The molecule has 0 atom stereocenters. The van der Waals surface area contributed by atoms with E-state index in [-0.39, 0.29) is 0 Å². The summed E-state index contributed by atoms with van der Waals surface area (Å²) in [5.41, 5.74) is 7.07. The number of nitrogens with zero attached hydrogens (tertiary/aromatic N) is 2. The largest absolute Gasteiger partial charge is 0.380 e. The Morgan fingerprint density at radius 1 is 1.55 bits per heavy atom. The molecule has 2 N–H and O–H groups in total. The maximum absolute atomic E-state index is 5.53. The maximum atomic E-state index is 5.53. The van der Waals surface area contributed by atoms with Gasteiger partial charge in [0.15, 0.2) is 5.82 Å². The molecular formula is C7H7N3O. The predicted molar refractivity (Wildman–Crippen MR) is 41.0 cm³/mol. The van der Waals surface area contributed by atoms with Crippen molar-refractivity contribution in [3.05, 3.63) is 17.8 Å². The standard InChI is InChI=1S/C7H7N3O/c1-4-2-3-9-7-5(4)6(8)10-11-7/h2-3H,1H3,(H2,8,10). The van der Waals surface area contributed by atoms with E-state index >= 15 is 0 Å². The van der Waals surface area contributed by atoms with Gasteiger partial charge in [0.2, 0.25) is 0 Å². The first-order chi connectivity index (χ1) is 5.29. The third-order valence-electron chi connectivity index (χ3n) is 1.61. The zero-order valence-electron chi connectivity index (χ0n) is 6.03. The van der Waals surface area contributed by atoms with Crippen LogP contribution in [0.1, 0.15) is 5.56 Å². The highest BCUT2D eigenvalue weighted by Gasteiger charge is 2.06. The summed E-state index contributed by atoms with van der Waals surface area (Å²) in [4.78, 5) is 3.95. The number of hydrogen-bond acceptors (Lipinski definition) is 4.